The van der Waals surface area contributed by atoms with Crippen molar-refractivity contribution in [1.29, 1.82) is 0 Å². The van der Waals surface area contributed by atoms with Gasteiger partial charge in [-0.15, -0.1) is 0 Å². The maximum Gasteiger partial charge on any atom is 0.311 e. The molecule has 28 heavy (non-hydrogen) atoms. The van der Waals surface area contributed by atoms with Crippen molar-refractivity contribution < 1.29 is 9.53 Å². The fourth-order valence-corrected chi connectivity index (χ4v) is 4.07. The fraction of sp³-hybridized carbons (Fsp3) is 0.654. The van der Waals surface area contributed by atoms with E-state index in [0.29, 0.717) is 12.2 Å². The van der Waals surface area contributed by atoms with Gasteiger partial charge in [-0.05, 0) is 54.9 Å². The number of carbonyl (C=O) groups excluding carboxylic acids is 1. The van der Waals surface area contributed by atoms with Gasteiger partial charge >= 0.3 is 5.97 Å². The summed E-state index contributed by atoms with van der Waals surface area (Å²) in [6.07, 6.45) is 19.5. The van der Waals surface area contributed by atoms with Crippen LogP contribution in [0.25, 0.3) is 5.57 Å². The van der Waals surface area contributed by atoms with Crippen LogP contribution in [0.5, 0.6) is 5.75 Å². The molecule has 1 aliphatic carbocycles. The quantitative estimate of drug-likeness (QED) is 0.195. The highest BCUT2D eigenvalue weighted by Crippen LogP contribution is 2.33. The zero-order valence-corrected chi connectivity index (χ0v) is 18.2. The highest BCUT2D eigenvalue weighted by Gasteiger charge is 2.15. The minimum Gasteiger partial charge on any atom is -0.427 e. The van der Waals surface area contributed by atoms with Crippen molar-refractivity contribution in [3.8, 4) is 5.75 Å². The number of unbranched alkanes of at least 4 members (excludes halogenated alkanes) is 7. The van der Waals surface area contributed by atoms with Gasteiger partial charge in [-0.1, -0.05) is 89.8 Å². The molecule has 2 rings (SSSR count). The Morgan fingerprint density at radius 2 is 1.61 bits per heavy atom. The van der Waals surface area contributed by atoms with Gasteiger partial charge in [0.1, 0.15) is 5.75 Å². The van der Waals surface area contributed by atoms with E-state index in [9.17, 15) is 4.79 Å². The summed E-state index contributed by atoms with van der Waals surface area (Å²) in [5.41, 5.74) is 2.74. The lowest BCUT2D eigenvalue weighted by Crippen LogP contribution is -2.07. The summed E-state index contributed by atoms with van der Waals surface area (Å²) >= 11 is 0. The monoisotopic (exact) mass is 384 g/mol. The van der Waals surface area contributed by atoms with E-state index in [2.05, 4.69) is 32.1 Å². The van der Waals surface area contributed by atoms with Crippen LogP contribution in [0.4, 0.5) is 0 Å². The van der Waals surface area contributed by atoms with E-state index < -0.39 is 0 Å². The van der Waals surface area contributed by atoms with E-state index >= 15 is 0 Å². The van der Waals surface area contributed by atoms with Gasteiger partial charge in [0.05, 0.1) is 0 Å². The van der Waals surface area contributed by atoms with E-state index in [1.54, 1.807) is 0 Å². The average Bonchev–Trinajstić information content (AvgIpc) is 2.72. The summed E-state index contributed by atoms with van der Waals surface area (Å²) in [7, 11) is 0. The number of carbonyl (C=O) groups is 1. The number of hydrogen-bond donors (Lipinski definition) is 0. The van der Waals surface area contributed by atoms with Crippen LogP contribution in [0.2, 0.25) is 0 Å². The molecule has 0 fully saturated rings. The van der Waals surface area contributed by atoms with Crippen LogP contribution >= 0.6 is 0 Å². The first-order chi connectivity index (χ1) is 13.7. The largest absolute Gasteiger partial charge is 0.427 e. The Balaban J connectivity index is 1.71. The Hall–Kier alpha value is -1.57. The van der Waals surface area contributed by atoms with Crippen LogP contribution in [0.3, 0.4) is 0 Å². The van der Waals surface area contributed by atoms with Crippen LogP contribution < -0.4 is 4.74 Å². The zero-order chi connectivity index (χ0) is 20.0. The molecule has 0 N–H and O–H groups in total. The van der Waals surface area contributed by atoms with Crippen molar-refractivity contribution in [3.63, 3.8) is 0 Å². The van der Waals surface area contributed by atoms with Crippen LogP contribution in [-0.4, -0.2) is 5.97 Å². The molecule has 0 heterocycles. The summed E-state index contributed by atoms with van der Waals surface area (Å²) in [5.74, 6) is 1.43. The second-order valence-electron chi connectivity index (χ2n) is 8.38. The summed E-state index contributed by atoms with van der Waals surface area (Å²) in [5, 5.41) is 0. The molecule has 0 aliphatic heterocycles. The molecule has 0 radical (unpaired) electrons. The van der Waals surface area contributed by atoms with E-state index in [1.165, 1.54) is 75.3 Å². The minimum atomic E-state index is -0.115. The van der Waals surface area contributed by atoms with Crippen molar-refractivity contribution >= 4 is 11.5 Å². The second-order valence-corrected chi connectivity index (χ2v) is 8.38. The lowest BCUT2D eigenvalue weighted by molar-refractivity contribution is -0.134. The molecule has 0 bridgehead atoms. The predicted molar refractivity (Wildman–Crippen MR) is 120 cm³/mol. The third-order valence-corrected chi connectivity index (χ3v) is 5.93. The molecule has 1 atom stereocenters. The highest BCUT2D eigenvalue weighted by molar-refractivity contribution is 5.73. The SMILES string of the molecule is CCCCCCCCC1CC=C(c2ccc(OC(=O)CCCCC)cc2)CC1. The first-order valence-electron chi connectivity index (χ1n) is 11.7. The van der Waals surface area contributed by atoms with Gasteiger partial charge in [0.15, 0.2) is 0 Å². The summed E-state index contributed by atoms with van der Waals surface area (Å²) in [6, 6.07) is 8.09. The molecule has 1 unspecified atom stereocenters. The molecule has 156 valence electrons. The molecule has 1 aromatic carbocycles. The number of benzene rings is 1. The smallest absolute Gasteiger partial charge is 0.311 e. The first-order valence-corrected chi connectivity index (χ1v) is 11.7. The van der Waals surface area contributed by atoms with Crippen molar-refractivity contribution in [1.82, 2.24) is 0 Å². The fourth-order valence-electron chi connectivity index (χ4n) is 4.07. The molecule has 0 amide bonds. The third-order valence-electron chi connectivity index (χ3n) is 5.93. The molecule has 1 aromatic rings. The van der Waals surface area contributed by atoms with E-state index in [0.717, 1.165) is 25.2 Å². The molecular formula is C26H40O2. The van der Waals surface area contributed by atoms with Gasteiger partial charge in [0.2, 0.25) is 0 Å². The average molecular weight is 385 g/mol. The zero-order valence-electron chi connectivity index (χ0n) is 18.2. The number of esters is 1. The lowest BCUT2D eigenvalue weighted by atomic mass is 9.84. The lowest BCUT2D eigenvalue weighted by Gasteiger charge is -2.22. The summed E-state index contributed by atoms with van der Waals surface area (Å²) in [4.78, 5) is 11.8. The van der Waals surface area contributed by atoms with Gasteiger partial charge in [0, 0.05) is 6.42 Å². The second kappa shape index (κ2) is 13.6. The Morgan fingerprint density at radius 1 is 0.929 bits per heavy atom. The van der Waals surface area contributed by atoms with Crippen LogP contribution in [-0.2, 0) is 4.79 Å². The molecule has 1 aliphatic rings. The Bertz CT molecular complexity index is 585. The van der Waals surface area contributed by atoms with Crippen LogP contribution in [0.1, 0.15) is 109 Å². The predicted octanol–water partition coefficient (Wildman–Crippen LogP) is 8.11. The van der Waals surface area contributed by atoms with Gasteiger partial charge in [0.25, 0.3) is 0 Å². The van der Waals surface area contributed by atoms with Gasteiger partial charge in [-0.3, -0.25) is 4.79 Å². The number of allylic oxidation sites excluding steroid dienone is 2. The third kappa shape index (κ3) is 8.63. The van der Waals surface area contributed by atoms with Crippen molar-refractivity contribution in [3.05, 3.63) is 35.9 Å². The van der Waals surface area contributed by atoms with Crippen LogP contribution in [0.15, 0.2) is 30.3 Å². The van der Waals surface area contributed by atoms with E-state index in [-0.39, 0.29) is 5.97 Å². The van der Waals surface area contributed by atoms with Gasteiger partial charge in [-0.25, -0.2) is 0 Å². The summed E-state index contributed by atoms with van der Waals surface area (Å²) in [6.45, 7) is 4.42. The van der Waals surface area contributed by atoms with Crippen molar-refractivity contribution in [2.24, 2.45) is 5.92 Å². The van der Waals surface area contributed by atoms with E-state index in [4.69, 9.17) is 4.74 Å². The topological polar surface area (TPSA) is 26.3 Å². The number of ether oxygens (including phenoxy) is 1. The van der Waals surface area contributed by atoms with Gasteiger partial charge < -0.3 is 4.74 Å². The van der Waals surface area contributed by atoms with Gasteiger partial charge in [-0.2, -0.15) is 0 Å². The molecule has 0 saturated heterocycles. The first kappa shape index (κ1) is 22.7. The molecule has 2 heteroatoms. The highest BCUT2D eigenvalue weighted by atomic mass is 16.5. The molecular weight excluding hydrogens is 344 g/mol. The van der Waals surface area contributed by atoms with E-state index in [1.807, 2.05) is 12.1 Å². The molecule has 2 nitrogen and oxygen atoms in total. The maximum atomic E-state index is 11.8. The molecule has 0 saturated carbocycles. The standard InChI is InChI=1S/C26H40O2/c1-3-5-7-8-9-11-12-22-14-16-23(17-15-22)24-18-20-25(21-19-24)28-26(27)13-10-6-4-2/h16,18-22H,3-15,17H2,1-2H3. The molecule has 0 aromatic heterocycles. The van der Waals surface area contributed by atoms with Crippen molar-refractivity contribution in [2.75, 3.05) is 0 Å². The number of rotatable bonds is 13. The van der Waals surface area contributed by atoms with Crippen LogP contribution in [0, 0.1) is 5.92 Å². The maximum absolute atomic E-state index is 11.8. The normalized spacial score (nSPS) is 16.6. The Morgan fingerprint density at radius 3 is 2.29 bits per heavy atom. The Kier molecular flexibility index (Phi) is 11.0. The number of hydrogen-bond acceptors (Lipinski definition) is 2. The molecule has 0 spiro atoms. The Labute approximate surface area is 172 Å². The minimum absolute atomic E-state index is 0.115. The van der Waals surface area contributed by atoms with Crippen molar-refractivity contribution in [2.45, 2.75) is 104 Å². The summed E-state index contributed by atoms with van der Waals surface area (Å²) < 4.78 is 5.44.